The van der Waals surface area contributed by atoms with Gasteiger partial charge in [0.1, 0.15) is 6.07 Å². The molecule has 1 heterocycles. The van der Waals surface area contributed by atoms with Crippen molar-refractivity contribution in [3.05, 3.63) is 11.6 Å². The summed E-state index contributed by atoms with van der Waals surface area (Å²) < 4.78 is 0. The molecule has 0 radical (unpaired) electrons. The second kappa shape index (κ2) is 1.85. The van der Waals surface area contributed by atoms with Crippen LogP contribution in [0, 0.1) is 11.3 Å². The van der Waals surface area contributed by atoms with Crippen molar-refractivity contribution in [1.82, 2.24) is 4.98 Å². The average molecular weight is 125 g/mol. The molecular weight excluding hydrogens is 121 g/mol. The van der Waals surface area contributed by atoms with E-state index in [9.17, 15) is 0 Å². The molecule has 8 heavy (non-hydrogen) atoms. The van der Waals surface area contributed by atoms with E-state index in [-0.39, 0.29) is 0 Å². The van der Waals surface area contributed by atoms with Gasteiger partial charge in [0.25, 0.3) is 0 Å². The highest BCUT2D eigenvalue weighted by atomic mass is 31.0. The van der Waals surface area contributed by atoms with Gasteiger partial charge in [0.15, 0.2) is 5.69 Å². The zero-order valence-electron chi connectivity index (χ0n) is 4.05. The number of nitrogen functional groups attached to an aromatic ring is 1. The average Bonchev–Trinajstić information content (AvgIpc) is 2.14. The molecule has 1 unspecified atom stereocenters. The van der Waals surface area contributed by atoms with Gasteiger partial charge in [0, 0.05) is 5.93 Å². The zero-order chi connectivity index (χ0) is 5.98. The van der Waals surface area contributed by atoms with Crippen LogP contribution in [0.2, 0.25) is 0 Å². The van der Waals surface area contributed by atoms with Crippen LogP contribution in [0.25, 0.3) is 0 Å². The maximum atomic E-state index is 8.24. The molecule has 1 aromatic heterocycles. The van der Waals surface area contributed by atoms with E-state index in [0.29, 0.717) is 19.3 Å². The highest BCUT2D eigenvalue weighted by molar-refractivity contribution is 7.33. The molecule has 0 aromatic carbocycles. The first-order chi connectivity index (χ1) is 3.84. The fourth-order valence-corrected chi connectivity index (χ4v) is 0.983. The van der Waals surface area contributed by atoms with Gasteiger partial charge in [0.05, 0.1) is 5.42 Å². The molecule has 4 heteroatoms. The Balaban J connectivity index is 3.15. The van der Waals surface area contributed by atoms with Crippen molar-refractivity contribution in [2.75, 3.05) is 5.73 Å². The Morgan fingerprint density at radius 2 is 2.62 bits per heavy atom. The van der Waals surface area contributed by atoms with Crippen LogP contribution in [0.3, 0.4) is 0 Å². The minimum atomic E-state index is 0.378. The standard InChI is InChI=1S/C4H4N3P/c5-1-3-4(6)8-2-7-3/h2,8H,6H2. The van der Waals surface area contributed by atoms with Crippen LogP contribution < -0.4 is 5.73 Å². The quantitative estimate of drug-likeness (QED) is 0.551. The lowest BCUT2D eigenvalue weighted by Crippen LogP contribution is -1.82. The van der Waals surface area contributed by atoms with Gasteiger partial charge < -0.3 is 5.73 Å². The summed E-state index contributed by atoms with van der Waals surface area (Å²) in [4.78, 5) is 3.72. The topological polar surface area (TPSA) is 62.7 Å². The largest absolute Gasteiger partial charge is 0.393 e. The van der Waals surface area contributed by atoms with Gasteiger partial charge in [-0.05, 0) is 0 Å². The second-order valence-corrected chi connectivity index (χ2v) is 2.36. The van der Waals surface area contributed by atoms with E-state index < -0.39 is 0 Å². The van der Waals surface area contributed by atoms with Crippen LogP contribution in [-0.4, -0.2) is 4.98 Å². The first-order valence-corrected chi connectivity index (χ1v) is 3.11. The highest BCUT2D eigenvalue weighted by Gasteiger charge is 1.94. The Morgan fingerprint density at radius 1 is 1.88 bits per heavy atom. The molecule has 0 bridgehead atoms. The molecule has 0 saturated heterocycles. The number of anilines is 1. The minimum Gasteiger partial charge on any atom is -0.393 e. The summed E-state index contributed by atoms with van der Waals surface area (Å²) in [6.07, 6.45) is 0. The molecule has 1 rings (SSSR count). The number of aromatic nitrogens is 1. The summed E-state index contributed by atoms with van der Waals surface area (Å²) in [5.74, 6) is 1.66. The Labute approximate surface area is 48.2 Å². The van der Waals surface area contributed by atoms with Gasteiger partial charge in [-0.15, -0.1) is 0 Å². The number of nitrogens with zero attached hydrogens (tertiary/aromatic N) is 2. The summed E-state index contributed by atoms with van der Waals surface area (Å²) in [5.41, 5.74) is 6.32. The van der Waals surface area contributed by atoms with Crippen molar-refractivity contribution < 1.29 is 0 Å². The molecule has 0 fully saturated rings. The van der Waals surface area contributed by atoms with Crippen LogP contribution in [0.1, 0.15) is 5.69 Å². The van der Waals surface area contributed by atoms with Crippen molar-refractivity contribution >= 4 is 13.6 Å². The molecule has 1 aromatic rings. The van der Waals surface area contributed by atoms with Crippen molar-refractivity contribution in [2.45, 2.75) is 0 Å². The monoisotopic (exact) mass is 125 g/mol. The third kappa shape index (κ3) is 0.661. The Hall–Kier alpha value is -1.00. The SMILES string of the molecule is N#Cc1nc[pH]c1N. The molecule has 0 saturated carbocycles. The number of hydrogen-bond donors (Lipinski definition) is 1. The van der Waals surface area contributed by atoms with Gasteiger partial charge in [-0.3, -0.25) is 0 Å². The number of nitriles is 1. The summed E-state index contributed by atoms with van der Waals surface area (Å²) >= 11 is 0. The Bertz CT molecular complexity index is 221. The molecule has 0 aliphatic rings. The van der Waals surface area contributed by atoms with Crippen molar-refractivity contribution in [1.29, 1.82) is 5.26 Å². The van der Waals surface area contributed by atoms with E-state index in [4.69, 9.17) is 11.0 Å². The number of hydrogen-bond acceptors (Lipinski definition) is 3. The smallest absolute Gasteiger partial charge is 0.167 e. The molecule has 40 valence electrons. The molecule has 1 atom stereocenters. The summed E-state index contributed by atoms with van der Waals surface area (Å²) in [6.45, 7) is 0. The molecule has 0 amide bonds. The van der Waals surface area contributed by atoms with E-state index in [1.165, 1.54) is 0 Å². The summed E-state index contributed by atoms with van der Waals surface area (Å²) in [7, 11) is 0.413. The number of nitrogens with two attached hydrogens (primary N) is 1. The van der Waals surface area contributed by atoms with Gasteiger partial charge in [0.2, 0.25) is 0 Å². The van der Waals surface area contributed by atoms with E-state index in [1.54, 1.807) is 5.93 Å². The third-order valence-corrected chi connectivity index (χ3v) is 1.58. The fourth-order valence-electron chi connectivity index (χ4n) is 0.393. The first kappa shape index (κ1) is 5.14. The molecular formula is C4H4N3P. The van der Waals surface area contributed by atoms with Crippen LogP contribution in [0.5, 0.6) is 0 Å². The lowest BCUT2D eigenvalue weighted by Gasteiger charge is -1.77. The maximum absolute atomic E-state index is 8.24. The lowest BCUT2D eigenvalue weighted by atomic mass is 10.5. The molecule has 0 aliphatic heterocycles. The first-order valence-electron chi connectivity index (χ1n) is 2.03. The van der Waals surface area contributed by atoms with Gasteiger partial charge >= 0.3 is 0 Å². The molecule has 2 N–H and O–H groups in total. The maximum Gasteiger partial charge on any atom is 0.167 e. The zero-order valence-corrected chi connectivity index (χ0v) is 5.05. The van der Waals surface area contributed by atoms with Gasteiger partial charge in [-0.2, -0.15) is 5.26 Å². The van der Waals surface area contributed by atoms with Crippen molar-refractivity contribution in [2.24, 2.45) is 0 Å². The van der Waals surface area contributed by atoms with Crippen LogP contribution in [-0.2, 0) is 0 Å². The third-order valence-electron chi connectivity index (χ3n) is 0.775. The van der Waals surface area contributed by atoms with Gasteiger partial charge in [-0.25, -0.2) is 4.98 Å². The van der Waals surface area contributed by atoms with E-state index >= 15 is 0 Å². The Morgan fingerprint density at radius 3 is 2.88 bits per heavy atom. The van der Waals surface area contributed by atoms with Crippen molar-refractivity contribution in [3.63, 3.8) is 0 Å². The van der Waals surface area contributed by atoms with E-state index in [2.05, 4.69) is 4.98 Å². The van der Waals surface area contributed by atoms with E-state index in [0.717, 1.165) is 0 Å². The Kier molecular flexibility index (Phi) is 1.19. The van der Waals surface area contributed by atoms with Crippen LogP contribution in [0.4, 0.5) is 5.42 Å². The fraction of sp³-hybridized carbons (Fsp3) is 0. The molecule has 3 nitrogen and oxygen atoms in total. The summed E-state index contributed by atoms with van der Waals surface area (Å²) in [6, 6.07) is 1.88. The van der Waals surface area contributed by atoms with Gasteiger partial charge in [-0.1, -0.05) is 8.19 Å². The normalized spacial score (nSPS) is 9.38. The van der Waals surface area contributed by atoms with Crippen LogP contribution in [0.15, 0.2) is 5.93 Å². The molecule has 0 spiro atoms. The number of rotatable bonds is 0. The lowest BCUT2D eigenvalue weighted by molar-refractivity contribution is 1.34. The summed E-state index contributed by atoms with van der Waals surface area (Å²) in [5, 5.41) is 8.24. The van der Waals surface area contributed by atoms with E-state index in [1.807, 2.05) is 6.07 Å². The highest BCUT2D eigenvalue weighted by Crippen LogP contribution is 2.18. The van der Waals surface area contributed by atoms with Crippen molar-refractivity contribution in [3.8, 4) is 6.07 Å². The predicted molar refractivity (Wildman–Crippen MR) is 32.9 cm³/mol. The second-order valence-electron chi connectivity index (χ2n) is 1.28. The predicted octanol–water partition coefficient (Wildman–Crippen LogP) is 0.567. The minimum absolute atomic E-state index is 0.378. The molecule has 0 aliphatic carbocycles. The van der Waals surface area contributed by atoms with Crippen LogP contribution >= 0.6 is 8.19 Å².